The van der Waals surface area contributed by atoms with Crippen LogP contribution in [-0.4, -0.2) is 35.8 Å². The van der Waals surface area contributed by atoms with Crippen molar-refractivity contribution in [2.75, 3.05) is 25.2 Å². The lowest BCUT2D eigenvalue weighted by Gasteiger charge is -2.31. The number of nitrogens with one attached hydrogen (secondary N) is 1. The van der Waals surface area contributed by atoms with E-state index in [-0.39, 0.29) is 12.8 Å². The van der Waals surface area contributed by atoms with Crippen molar-refractivity contribution in [3.8, 4) is 11.5 Å². The Morgan fingerprint density at radius 2 is 1.93 bits per heavy atom. The Bertz CT molecular complexity index is 962. The highest BCUT2D eigenvalue weighted by Crippen LogP contribution is 2.35. The van der Waals surface area contributed by atoms with Crippen molar-refractivity contribution in [2.24, 2.45) is 0 Å². The predicted molar refractivity (Wildman–Crippen MR) is 105 cm³/mol. The molecule has 138 valence electrons. The standard InChI is InChI=1S/C20H19N3O3S/c24-20(21-14-5-6-16-17(11-14)26-12-25-16)23-9-7-13(8-10-23)19-22-15-3-1-2-4-18(15)27-19/h1-6,11,13H,7-10,12H2,(H,21,24). The minimum absolute atomic E-state index is 0.0726. The summed E-state index contributed by atoms with van der Waals surface area (Å²) in [6.07, 6.45) is 1.88. The summed E-state index contributed by atoms with van der Waals surface area (Å²) in [7, 11) is 0. The molecule has 2 aliphatic rings. The molecule has 1 saturated heterocycles. The Labute approximate surface area is 160 Å². The van der Waals surface area contributed by atoms with Crippen LogP contribution >= 0.6 is 11.3 Å². The van der Waals surface area contributed by atoms with Gasteiger partial charge in [0.2, 0.25) is 6.79 Å². The van der Waals surface area contributed by atoms with E-state index in [1.54, 1.807) is 17.4 Å². The van der Waals surface area contributed by atoms with Gasteiger partial charge >= 0.3 is 6.03 Å². The zero-order valence-corrected chi connectivity index (χ0v) is 15.5. The number of likely N-dealkylation sites (tertiary alicyclic amines) is 1. The normalized spacial score (nSPS) is 16.7. The van der Waals surface area contributed by atoms with Gasteiger partial charge < -0.3 is 19.7 Å². The van der Waals surface area contributed by atoms with Crippen LogP contribution in [0.1, 0.15) is 23.8 Å². The third-order valence-electron chi connectivity index (χ3n) is 5.07. The SMILES string of the molecule is O=C(Nc1ccc2c(c1)OCO2)N1CCC(c2nc3ccccc3s2)CC1. The van der Waals surface area contributed by atoms with Gasteiger partial charge in [-0.25, -0.2) is 9.78 Å². The number of hydrogen-bond acceptors (Lipinski definition) is 5. The second-order valence-corrected chi connectivity index (χ2v) is 7.84. The Balaban J connectivity index is 1.21. The molecule has 2 aliphatic heterocycles. The summed E-state index contributed by atoms with van der Waals surface area (Å²) in [6, 6.07) is 13.6. The number of piperidine rings is 1. The molecule has 2 amide bonds. The molecule has 3 heterocycles. The first kappa shape index (κ1) is 16.4. The average molecular weight is 381 g/mol. The highest BCUT2D eigenvalue weighted by molar-refractivity contribution is 7.18. The maximum Gasteiger partial charge on any atom is 0.321 e. The molecule has 0 bridgehead atoms. The van der Waals surface area contributed by atoms with Crippen LogP contribution < -0.4 is 14.8 Å². The van der Waals surface area contributed by atoms with E-state index in [4.69, 9.17) is 14.5 Å². The summed E-state index contributed by atoms with van der Waals surface area (Å²) in [5.74, 6) is 1.81. The number of aromatic nitrogens is 1. The van der Waals surface area contributed by atoms with Crippen LogP contribution in [0.5, 0.6) is 11.5 Å². The number of carbonyl (C=O) groups is 1. The minimum Gasteiger partial charge on any atom is -0.454 e. The van der Waals surface area contributed by atoms with Gasteiger partial charge in [0.15, 0.2) is 11.5 Å². The fourth-order valence-electron chi connectivity index (χ4n) is 3.57. The second-order valence-electron chi connectivity index (χ2n) is 6.78. The first-order valence-electron chi connectivity index (χ1n) is 9.07. The molecule has 7 heteroatoms. The molecular weight excluding hydrogens is 362 g/mol. The van der Waals surface area contributed by atoms with Crippen molar-refractivity contribution in [3.05, 3.63) is 47.5 Å². The molecule has 1 fully saturated rings. The van der Waals surface area contributed by atoms with Gasteiger partial charge in [-0.15, -0.1) is 11.3 Å². The van der Waals surface area contributed by atoms with Crippen LogP contribution in [0.15, 0.2) is 42.5 Å². The van der Waals surface area contributed by atoms with E-state index >= 15 is 0 Å². The van der Waals surface area contributed by atoms with Gasteiger partial charge in [0.25, 0.3) is 0 Å². The van der Waals surface area contributed by atoms with Crippen LogP contribution in [0.3, 0.4) is 0 Å². The number of hydrogen-bond donors (Lipinski definition) is 1. The predicted octanol–water partition coefficient (Wildman–Crippen LogP) is 4.44. The van der Waals surface area contributed by atoms with Gasteiger partial charge in [-0.2, -0.15) is 0 Å². The second kappa shape index (κ2) is 6.74. The number of urea groups is 1. The molecule has 0 radical (unpaired) electrons. The fourth-order valence-corrected chi connectivity index (χ4v) is 4.71. The number of ether oxygens (including phenoxy) is 2. The summed E-state index contributed by atoms with van der Waals surface area (Å²) in [5.41, 5.74) is 1.79. The molecule has 1 aromatic heterocycles. The Morgan fingerprint density at radius 1 is 1.11 bits per heavy atom. The zero-order chi connectivity index (χ0) is 18.2. The number of amides is 2. The van der Waals surface area contributed by atoms with E-state index < -0.39 is 0 Å². The van der Waals surface area contributed by atoms with E-state index in [2.05, 4.69) is 17.4 Å². The molecular formula is C20H19N3O3S. The highest BCUT2D eigenvalue weighted by atomic mass is 32.1. The third-order valence-corrected chi connectivity index (χ3v) is 6.26. The van der Waals surface area contributed by atoms with Crippen molar-refractivity contribution in [1.82, 2.24) is 9.88 Å². The number of rotatable bonds is 2. The fraction of sp³-hybridized carbons (Fsp3) is 0.300. The number of carbonyl (C=O) groups excluding carboxylic acids is 1. The minimum atomic E-state index is -0.0726. The van der Waals surface area contributed by atoms with E-state index in [0.717, 1.165) is 37.1 Å². The van der Waals surface area contributed by atoms with E-state index in [1.807, 2.05) is 29.2 Å². The summed E-state index contributed by atoms with van der Waals surface area (Å²) in [4.78, 5) is 19.2. The van der Waals surface area contributed by atoms with Gasteiger partial charge in [0, 0.05) is 30.8 Å². The molecule has 27 heavy (non-hydrogen) atoms. The van der Waals surface area contributed by atoms with Crippen molar-refractivity contribution in [2.45, 2.75) is 18.8 Å². The van der Waals surface area contributed by atoms with Crippen molar-refractivity contribution < 1.29 is 14.3 Å². The lowest BCUT2D eigenvalue weighted by atomic mass is 9.98. The summed E-state index contributed by atoms with van der Waals surface area (Å²) in [6.45, 7) is 1.69. The van der Waals surface area contributed by atoms with Gasteiger partial charge in [0.1, 0.15) is 0 Å². The van der Waals surface area contributed by atoms with Gasteiger partial charge in [0.05, 0.1) is 15.2 Å². The lowest BCUT2D eigenvalue weighted by molar-refractivity contribution is 0.174. The van der Waals surface area contributed by atoms with Crippen LogP contribution in [0.4, 0.5) is 10.5 Å². The average Bonchev–Trinajstić information content (AvgIpc) is 3.34. The number of thiazole rings is 1. The van der Waals surface area contributed by atoms with Crippen LogP contribution in [0, 0.1) is 0 Å². The molecule has 6 nitrogen and oxygen atoms in total. The lowest BCUT2D eigenvalue weighted by Crippen LogP contribution is -2.40. The number of anilines is 1. The summed E-state index contributed by atoms with van der Waals surface area (Å²) >= 11 is 1.77. The maximum atomic E-state index is 12.6. The molecule has 0 spiro atoms. The van der Waals surface area contributed by atoms with Gasteiger partial charge in [-0.3, -0.25) is 0 Å². The largest absolute Gasteiger partial charge is 0.454 e. The van der Waals surface area contributed by atoms with Crippen molar-refractivity contribution in [1.29, 1.82) is 0 Å². The molecule has 0 saturated carbocycles. The molecule has 5 rings (SSSR count). The van der Waals surface area contributed by atoms with E-state index in [9.17, 15) is 4.79 Å². The number of benzene rings is 2. The summed E-state index contributed by atoms with van der Waals surface area (Å²) < 4.78 is 11.9. The molecule has 2 aromatic carbocycles. The van der Waals surface area contributed by atoms with Crippen molar-refractivity contribution >= 4 is 33.3 Å². The van der Waals surface area contributed by atoms with Crippen LogP contribution in [-0.2, 0) is 0 Å². The summed E-state index contributed by atoms with van der Waals surface area (Å²) in [5, 5.41) is 4.14. The zero-order valence-electron chi connectivity index (χ0n) is 14.7. The van der Waals surface area contributed by atoms with Gasteiger partial charge in [-0.1, -0.05) is 12.1 Å². The number of para-hydroxylation sites is 1. The quantitative estimate of drug-likeness (QED) is 0.713. The topological polar surface area (TPSA) is 63.7 Å². The number of fused-ring (bicyclic) bond motifs is 2. The molecule has 0 atom stereocenters. The maximum absolute atomic E-state index is 12.6. The Hall–Kier alpha value is -2.80. The molecule has 0 aliphatic carbocycles. The Kier molecular flexibility index (Phi) is 4.09. The molecule has 0 unspecified atom stereocenters. The third kappa shape index (κ3) is 3.19. The first-order chi connectivity index (χ1) is 13.3. The monoisotopic (exact) mass is 381 g/mol. The molecule has 3 aromatic rings. The first-order valence-corrected chi connectivity index (χ1v) is 9.89. The van der Waals surface area contributed by atoms with Gasteiger partial charge in [-0.05, 0) is 37.1 Å². The highest BCUT2D eigenvalue weighted by Gasteiger charge is 2.26. The van der Waals surface area contributed by atoms with Crippen LogP contribution in [0.2, 0.25) is 0 Å². The molecule has 1 N–H and O–H groups in total. The Morgan fingerprint density at radius 3 is 2.78 bits per heavy atom. The number of nitrogens with zero attached hydrogens (tertiary/aromatic N) is 2. The smallest absolute Gasteiger partial charge is 0.321 e. The van der Waals surface area contributed by atoms with E-state index in [0.29, 0.717) is 17.4 Å². The van der Waals surface area contributed by atoms with Crippen LogP contribution in [0.25, 0.3) is 10.2 Å². The van der Waals surface area contributed by atoms with Crippen molar-refractivity contribution in [3.63, 3.8) is 0 Å². The van der Waals surface area contributed by atoms with E-state index in [1.165, 1.54) is 9.71 Å².